The van der Waals surface area contributed by atoms with Gasteiger partial charge in [0.15, 0.2) is 0 Å². The quantitative estimate of drug-likeness (QED) is 0.846. The summed E-state index contributed by atoms with van der Waals surface area (Å²) in [4.78, 5) is 4.40. The van der Waals surface area contributed by atoms with Crippen molar-refractivity contribution in [1.82, 2.24) is 9.55 Å². The van der Waals surface area contributed by atoms with Gasteiger partial charge in [-0.3, -0.25) is 0 Å². The molecule has 0 amide bonds. The Morgan fingerprint density at radius 3 is 2.60 bits per heavy atom. The standard InChI is InChI=1S/C13H18N4O2S/c1-2-8-17-9-7-15-13(17)10-16-11-3-5-12(6-4-11)20(14,18)19/h3-7,9,16H,2,8,10H2,1H3,(H2,14,18,19). The molecule has 20 heavy (non-hydrogen) atoms. The van der Waals surface area contributed by atoms with Crippen molar-refractivity contribution in [3.05, 3.63) is 42.5 Å². The zero-order valence-electron chi connectivity index (χ0n) is 11.3. The molecule has 3 N–H and O–H groups in total. The summed E-state index contributed by atoms with van der Waals surface area (Å²) in [6, 6.07) is 6.34. The Kier molecular flexibility index (Phi) is 4.41. The van der Waals surface area contributed by atoms with E-state index in [2.05, 4.69) is 21.8 Å². The highest BCUT2D eigenvalue weighted by atomic mass is 32.2. The number of nitrogens with two attached hydrogens (primary N) is 1. The van der Waals surface area contributed by atoms with Crippen LogP contribution in [0.15, 0.2) is 41.6 Å². The van der Waals surface area contributed by atoms with Crippen molar-refractivity contribution < 1.29 is 8.42 Å². The molecule has 0 unspecified atom stereocenters. The van der Waals surface area contributed by atoms with Crippen LogP contribution in [-0.4, -0.2) is 18.0 Å². The number of benzene rings is 1. The highest BCUT2D eigenvalue weighted by Gasteiger charge is 2.07. The second kappa shape index (κ2) is 6.06. The Hall–Kier alpha value is -1.86. The van der Waals surface area contributed by atoms with Crippen LogP contribution < -0.4 is 10.5 Å². The summed E-state index contributed by atoms with van der Waals surface area (Å²) in [6.07, 6.45) is 4.77. The largest absolute Gasteiger partial charge is 0.378 e. The van der Waals surface area contributed by atoms with Crippen molar-refractivity contribution in [2.45, 2.75) is 31.3 Å². The molecule has 0 saturated heterocycles. The summed E-state index contributed by atoms with van der Waals surface area (Å²) in [7, 11) is -3.64. The van der Waals surface area contributed by atoms with Crippen LogP contribution >= 0.6 is 0 Å². The first kappa shape index (κ1) is 14.5. The minimum Gasteiger partial charge on any atom is -0.378 e. The molecule has 108 valence electrons. The molecule has 0 fully saturated rings. The number of aromatic nitrogens is 2. The monoisotopic (exact) mass is 294 g/mol. The lowest BCUT2D eigenvalue weighted by Gasteiger charge is -2.09. The van der Waals surface area contributed by atoms with E-state index >= 15 is 0 Å². The van der Waals surface area contributed by atoms with E-state index in [1.807, 2.05) is 6.20 Å². The zero-order valence-corrected chi connectivity index (χ0v) is 12.1. The van der Waals surface area contributed by atoms with E-state index in [-0.39, 0.29) is 4.90 Å². The number of primary sulfonamides is 1. The van der Waals surface area contributed by atoms with Crippen LogP contribution in [0.25, 0.3) is 0 Å². The first-order valence-electron chi connectivity index (χ1n) is 6.37. The Morgan fingerprint density at radius 2 is 2.00 bits per heavy atom. The number of anilines is 1. The maximum Gasteiger partial charge on any atom is 0.238 e. The van der Waals surface area contributed by atoms with Gasteiger partial charge in [0.1, 0.15) is 5.82 Å². The van der Waals surface area contributed by atoms with E-state index in [9.17, 15) is 8.42 Å². The Labute approximate surface area is 118 Å². The van der Waals surface area contributed by atoms with E-state index in [0.717, 1.165) is 24.5 Å². The van der Waals surface area contributed by atoms with Crippen LogP contribution in [-0.2, 0) is 23.1 Å². The van der Waals surface area contributed by atoms with E-state index in [1.165, 1.54) is 12.1 Å². The van der Waals surface area contributed by atoms with Gasteiger partial charge < -0.3 is 9.88 Å². The third-order valence-corrected chi connectivity index (χ3v) is 3.83. The summed E-state index contributed by atoms with van der Waals surface area (Å²) in [5.41, 5.74) is 0.823. The molecular weight excluding hydrogens is 276 g/mol. The molecule has 2 aromatic rings. The van der Waals surface area contributed by atoms with Crippen LogP contribution in [0.1, 0.15) is 19.2 Å². The van der Waals surface area contributed by atoms with Crippen molar-refractivity contribution in [3.8, 4) is 0 Å². The predicted octanol–water partition coefficient (Wildman–Crippen LogP) is 1.55. The summed E-state index contributed by atoms with van der Waals surface area (Å²) in [6.45, 7) is 3.63. The summed E-state index contributed by atoms with van der Waals surface area (Å²) < 4.78 is 24.4. The van der Waals surface area contributed by atoms with Gasteiger partial charge in [-0.25, -0.2) is 18.5 Å². The molecule has 0 radical (unpaired) electrons. The second-order valence-corrected chi connectivity index (χ2v) is 6.02. The number of sulfonamides is 1. The average molecular weight is 294 g/mol. The van der Waals surface area contributed by atoms with Gasteiger partial charge in [-0.1, -0.05) is 6.92 Å². The molecule has 0 aliphatic carbocycles. The third-order valence-electron chi connectivity index (χ3n) is 2.90. The Morgan fingerprint density at radius 1 is 1.30 bits per heavy atom. The lowest BCUT2D eigenvalue weighted by atomic mass is 10.3. The van der Waals surface area contributed by atoms with Crippen molar-refractivity contribution in [2.24, 2.45) is 5.14 Å². The molecular formula is C13H18N4O2S. The van der Waals surface area contributed by atoms with Gasteiger partial charge in [0.2, 0.25) is 10.0 Å². The second-order valence-electron chi connectivity index (χ2n) is 4.46. The summed E-state index contributed by atoms with van der Waals surface area (Å²) >= 11 is 0. The first-order chi connectivity index (χ1) is 9.50. The van der Waals surface area contributed by atoms with E-state index in [0.29, 0.717) is 6.54 Å². The van der Waals surface area contributed by atoms with Gasteiger partial charge in [-0.05, 0) is 30.7 Å². The summed E-state index contributed by atoms with van der Waals surface area (Å²) in [5.74, 6) is 0.947. The highest BCUT2D eigenvalue weighted by Crippen LogP contribution is 2.13. The minimum atomic E-state index is -3.64. The topological polar surface area (TPSA) is 90.0 Å². The minimum absolute atomic E-state index is 0.107. The molecule has 0 aliphatic rings. The number of nitrogens with one attached hydrogen (secondary N) is 1. The van der Waals surface area contributed by atoms with Crippen molar-refractivity contribution >= 4 is 15.7 Å². The van der Waals surface area contributed by atoms with Gasteiger partial charge in [0.25, 0.3) is 0 Å². The number of imidazole rings is 1. The SMILES string of the molecule is CCCn1ccnc1CNc1ccc(S(N)(=O)=O)cc1. The normalized spacial score (nSPS) is 11.5. The Balaban J connectivity index is 2.02. The van der Waals surface area contributed by atoms with Crippen molar-refractivity contribution in [3.63, 3.8) is 0 Å². The molecule has 1 heterocycles. The number of rotatable bonds is 6. The molecule has 0 aliphatic heterocycles. The van der Waals surface area contributed by atoms with Gasteiger partial charge >= 0.3 is 0 Å². The highest BCUT2D eigenvalue weighted by molar-refractivity contribution is 7.89. The van der Waals surface area contributed by atoms with E-state index in [1.54, 1.807) is 18.3 Å². The molecule has 2 rings (SSSR count). The van der Waals surface area contributed by atoms with Crippen molar-refractivity contribution in [2.75, 3.05) is 5.32 Å². The number of nitrogens with zero attached hydrogens (tertiary/aromatic N) is 2. The molecule has 0 spiro atoms. The zero-order chi connectivity index (χ0) is 14.6. The summed E-state index contributed by atoms with van der Waals surface area (Å²) in [5, 5.41) is 8.26. The molecule has 7 heteroatoms. The number of hydrogen-bond donors (Lipinski definition) is 2. The smallest absolute Gasteiger partial charge is 0.238 e. The fourth-order valence-corrected chi connectivity index (χ4v) is 2.41. The predicted molar refractivity (Wildman–Crippen MR) is 77.7 cm³/mol. The Bertz CT molecular complexity index is 662. The van der Waals surface area contributed by atoms with Gasteiger partial charge in [0.05, 0.1) is 11.4 Å². The fourth-order valence-electron chi connectivity index (χ4n) is 1.90. The first-order valence-corrected chi connectivity index (χ1v) is 7.92. The van der Waals surface area contributed by atoms with Gasteiger partial charge in [0, 0.05) is 24.6 Å². The maximum atomic E-state index is 11.1. The molecule has 0 saturated carbocycles. The molecule has 0 bridgehead atoms. The molecule has 1 aromatic heterocycles. The van der Waals surface area contributed by atoms with Crippen LogP contribution in [0.2, 0.25) is 0 Å². The van der Waals surface area contributed by atoms with Crippen molar-refractivity contribution in [1.29, 1.82) is 0 Å². The maximum absolute atomic E-state index is 11.1. The molecule has 0 atom stereocenters. The van der Waals surface area contributed by atoms with E-state index < -0.39 is 10.0 Å². The van der Waals surface area contributed by atoms with Crippen LogP contribution in [0, 0.1) is 0 Å². The lowest BCUT2D eigenvalue weighted by molar-refractivity contribution is 0.598. The van der Waals surface area contributed by atoms with Crippen LogP contribution in [0.4, 0.5) is 5.69 Å². The number of hydrogen-bond acceptors (Lipinski definition) is 4. The van der Waals surface area contributed by atoms with E-state index in [4.69, 9.17) is 5.14 Å². The third kappa shape index (κ3) is 3.58. The van der Waals surface area contributed by atoms with Crippen LogP contribution in [0.5, 0.6) is 0 Å². The average Bonchev–Trinajstić information content (AvgIpc) is 2.84. The van der Waals surface area contributed by atoms with Gasteiger partial charge in [-0.15, -0.1) is 0 Å². The fraction of sp³-hybridized carbons (Fsp3) is 0.308. The number of aryl methyl sites for hydroxylation is 1. The van der Waals surface area contributed by atoms with Gasteiger partial charge in [-0.2, -0.15) is 0 Å². The molecule has 1 aromatic carbocycles. The molecule has 6 nitrogen and oxygen atoms in total. The lowest BCUT2D eigenvalue weighted by Crippen LogP contribution is -2.12. The van der Waals surface area contributed by atoms with Crippen LogP contribution in [0.3, 0.4) is 0 Å².